The summed E-state index contributed by atoms with van der Waals surface area (Å²) in [6.07, 6.45) is 0. The number of nitrogens with one attached hydrogen (secondary N) is 2. The van der Waals surface area contributed by atoms with E-state index in [1.54, 1.807) is 24.3 Å². The van der Waals surface area contributed by atoms with Gasteiger partial charge in [-0.3, -0.25) is 0 Å². The zero-order chi connectivity index (χ0) is 16.8. The highest BCUT2D eigenvalue weighted by atomic mass is 16.4. The monoisotopic (exact) mass is 321 g/mol. The smallest absolute Gasteiger partial charge is 0.335 e. The average Bonchev–Trinajstić information content (AvgIpc) is 3.09. The van der Waals surface area contributed by atoms with Crippen LogP contribution < -0.4 is 0 Å². The standard InChI is InChI=1S/C17H11N3O4/c21-16-13(10-7-8(17(22)23)5-6-12(10)19-16)15-14(20-24)9-3-1-2-4-11(9)18-15/h1-7,18-19,21H,(H,22,23). The van der Waals surface area contributed by atoms with E-state index < -0.39 is 5.97 Å². The number of hydrogen-bond donors (Lipinski definition) is 4. The number of para-hydroxylation sites is 1. The average molecular weight is 321 g/mol. The van der Waals surface area contributed by atoms with Gasteiger partial charge in [0.1, 0.15) is 5.69 Å². The van der Waals surface area contributed by atoms with Crippen LogP contribution in [0.15, 0.2) is 47.6 Å². The molecule has 0 atom stereocenters. The van der Waals surface area contributed by atoms with Crippen molar-refractivity contribution in [2.45, 2.75) is 0 Å². The summed E-state index contributed by atoms with van der Waals surface area (Å²) in [6, 6.07) is 11.6. The number of aromatic hydroxyl groups is 1. The number of carboxylic acid groups (broad SMARTS) is 1. The molecular formula is C17H11N3O4. The van der Waals surface area contributed by atoms with E-state index >= 15 is 0 Å². The molecule has 0 aliphatic carbocycles. The second kappa shape index (κ2) is 4.95. The lowest BCUT2D eigenvalue weighted by atomic mass is 10.1. The SMILES string of the molecule is O=Nc1c(-c2c(O)[nH]c3ccc(C(=O)O)cc23)[nH]c2ccccc12. The van der Waals surface area contributed by atoms with Gasteiger partial charge in [0.2, 0.25) is 0 Å². The van der Waals surface area contributed by atoms with Crippen molar-refractivity contribution in [2.75, 3.05) is 0 Å². The van der Waals surface area contributed by atoms with E-state index in [0.717, 1.165) is 0 Å². The van der Waals surface area contributed by atoms with E-state index in [9.17, 15) is 19.9 Å². The van der Waals surface area contributed by atoms with Gasteiger partial charge < -0.3 is 20.2 Å². The molecule has 0 saturated carbocycles. The van der Waals surface area contributed by atoms with Crippen molar-refractivity contribution in [1.29, 1.82) is 0 Å². The van der Waals surface area contributed by atoms with Crippen molar-refractivity contribution in [3.63, 3.8) is 0 Å². The lowest BCUT2D eigenvalue weighted by molar-refractivity contribution is 0.0697. The molecule has 0 fully saturated rings. The van der Waals surface area contributed by atoms with E-state index in [1.165, 1.54) is 12.1 Å². The van der Waals surface area contributed by atoms with Crippen LogP contribution >= 0.6 is 0 Å². The van der Waals surface area contributed by atoms with E-state index in [-0.39, 0.29) is 17.1 Å². The number of fused-ring (bicyclic) bond motifs is 2. The third-order valence-electron chi connectivity index (χ3n) is 4.05. The van der Waals surface area contributed by atoms with Crippen LogP contribution in [-0.4, -0.2) is 26.2 Å². The zero-order valence-electron chi connectivity index (χ0n) is 12.2. The van der Waals surface area contributed by atoms with E-state index in [0.29, 0.717) is 33.1 Å². The number of aromatic carboxylic acids is 1. The van der Waals surface area contributed by atoms with Gasteiger partial charge in [-0.15, -0.1) is 4.91 Å². The zero-order valence-corrected chi connectivity index (χ0v) is 12.2. The first-order valence-corrected chi connectivity index (χ1v) is 7.12. The van der Waals surface area contributed by atoms with Gasteiger partial charge in [0.15, 0.2) is 5.88 Å². The summed E-state index contributed by atoms with van der Waals surface area (Å²) < 4.78 is 0. The van der Waals surface area contributed by atoms with Crippen LogP contribution in [0.2, 0.25) is 0 Å². The number of aromatic amines is 2. The first-order valence-electron chi connectivity index (χ1n) is 7.12. The van der Waals surface area contributed by atoms with Crippen molar-refractivity contribution in [3.05, 3.63) is 52.9 Å². The number of H-pyrrole nitrogens is 2. The van der Waals surface area contributed by atoms with Gasteiger partial charge in [0.25, 0.3) is 0 Å². The third kappa shape index (κ3) is 1.88. The van der Waals surface area contributed by atoms with E-state index in [4.69, 9.17) is 0 Å². The van der Waals surface area contributed by atoms with Crippen LogP contribution in [0.4, 0.5) is 5.69 Å². The van der Waals surface area contributed by atoms with Gasteiger partial charge in [-0.05, 0) is 29.4 Å². The normalized spacial score (nSPS) is 11.2. The third-order valence-corrected chi connectivity index (χ3v) is 4.05. The molecule has 2 aromatic heterocycles. The molecule has 24 heavy (non-hydrogen) atoms. The summed E-state index contributed by atoms with van der Waals surface area (Å²) in [7, 11) is 0. The molecule has 0 spiro atoms. The molecule has 118 valence electrons. The Balaban J connectivity index is 2.09. The minimum atomic E-state index is -1.08. The van der Waals surface area contributed by atoms with E-state index in [1.807, 2.05) is 6.07 Å². The highest BCUT2D eigenvalue weighted by molar-refractivity contribution is 6.08. The summed E-state index contributed by atoms with van der Waals surface area (Å²) in [5.74, 6) is -1.24. The molecule has 7 nitrogen and oxygen atoms in total. The Labute approximate surface area is 134 Å². The molecule has 0 aliphatic rings. The van der Waals surface area contributed by atoms with Gasteiger partial charge in [0, 0.05) is 21.8 Å². The fraction of sp³-hybridized carbons (Fsp3) is 0. The van der Waals surface area contributed by atoms with E-state index in [2.05, 4.69) is 15.1 Å². The van der Waals surface area contributed by atoms with Crippen LogP contribution in [0.3, 0.4) is 0 Å². The molecule has 0 bridgehead atoms. The molecule has 2 aromatic carbocycles. The summed E-state index contributed by atoms with van der Waals surface area (Å²) >= 11 is 0. The predicted molar refractivity (Wildman–Crippen MR) is 89.7 cm³/mol. The molecule has 4 rings (SSSR count). The van der Waals surface area contributed by atoms with Crippen molar-refractivity contribution < 1.29 is 15.0 Å². The number of benzene rings is 2. The lowest BCUT2D eigenvalue weighted by Crippen LogP contribution is -1.94. The number of aromatic nitrogens is 2. The second-order valence-corrected chi connectivity index (χ2v) is 5.40. The molecule has 0 unspecified atom stereocenters. The molecule has 4 aromatic rings. The second-order valence-electron chi connectivity index (χ2n) is 5.40. The summed E-state index contributed by atoms with van der Waals surface area (Å²) in [5.41, 5.74) is 2.17. The molecule has 0 radical (unpaired) electrons. The Hall–Kier alpha value is -3.61. The molecule has 0 amide bonds. The number of hydrogen-bond acceptors (Lipinski definition) is 4. The molecular weight excluding hydrogens is 310 g/mol. The van der Waals surface area contributed by atoms with Gasteiger partial charge in [-0.2, -0.15) is 0 Å². The Morgan fingerprint density at radius 3 is 2.50 bits per heavy atom. The molecule has 0 aliphatic heterocycles. The Morgan fingerprint density at radius 1 is 1.00 bits per heavy atom. The maximum atomic E-state index is 11.4. The largest absolute Gasteiger partial charge is 0.494 e. The highest BCUT2D eigenvalue weighted by Gasteiger charge is 2.21. The Bertz CT molecular complexity index is 1120. The maximum absolute atomic E-state index is 11.4. The van der Waals surface area contributed by atoms with Gasteiger partial charge in [-0.25, -0.2) is 4.79 Å². The highest BCUT2D eigenvalue weighted by Crippen LogP contribution is 2.44. The Kier molecular flexibility index (Phi) is 2.89. The number of nitrogens with zero attached hydrogens (tertiary/aromatic N) is 1. The van der Waals surface area contributed by atoms with Gasteiger partial charge in [0.05, 0.1) is 16.8 Å². The number of carboxylic acids is 1. The van der Waals surface area contributed by atoms with Crippen molar-refractivity contribution >= 4 is 33.5 Å². The lowest BCUT2D eigenvalue weighted by Gasteiger charge is -2.00. The summed E-state index contributed by atoms with van der Waals surface area (Å²) in [5, 5.41) is 23.7. The predicted octanol–water partition coefficient (Wildman–Crippen LogP) is 4.12. The fourth-order valence-electron chi connectivity index (χ4n) is 2.97. The first kappa shape index (κ1) is 14.0. The minimum absolute atomic E-state index is 0.0828. The molecule has 4 N–H and O–H groups in total. The number of carbonyl (C=O) groups is 1. The number of rotatable bonds is 3. The molecule has 2 heterocycles. The number of nitroso groups, excluding NO2 is 1. The molecule has 7 heteroatoms. The van der Waals surface area contributed by atoms with Crippen LogP contribution in [0.1, 0.15) is 10.4 Å². The van der Waals surface area contributed by atoms with Crippen LogP contribution in [0, 0.1) is 4.91 Å². The van der Waals surface area contributed by atoms with Gasteiger partial charge >= 0.3 is 5.97 Å². The van der Waals surface area contributed by atoms with Crippen molar-refractivity contribution in [1.82, 2.24) is 9.97 Å². The fourth-order valence-corrected chi connectivity index (χ4v) is 2.97. The minimum Gasteiger partial charge on any atom is -0.494 e. The summed E-state index contributed by atoms with van der Waals surface area (Å²) in [4.78, 5) is 28.4. The van der Waals surface area contributed by atoms with Crippen LogP contribution in [-0.2, 0) is 0 Å². The van der Waals surface area contributed by atoms with Crippen molar-refractivity contribution in [3.8, 4) is 17.1 Å². The Morgan fingerprint density at radius 2 is 1.75 bits per heavy atom. The first-order chi connectivity index (χ1) is 11.6. The molecule has 0 saturated heterocycles. The van der Waals surface area contributed by atoms with Crippen LogP contribution in [0.25, 0.3) is 33.1 Å². The van der Waals surface area contributed by atoms with Gasteiger partial charge in [-0.1, -0.05) is 18.2 Å². The maximum Gasteiger partial charge on any atom is 0.335 e. The summed E-state index contributed by atoms with van der Waals surface area (Å²) in [6.45, 7) is 0. The quantitative estimate of drug-likeness (QED) is 0.424. The topological polar surface area (TPSA) is 119 Å². The van der Waals surface area contributed by atoms with Crippen molar-refractivity contribution in [2.24, 2.45) is 5.18 Å². The van der Waals surface area contributed by atoms with Crippen LogP contribution in [0.5, 0.6) is 5.88 Å².